The Bertz CT molecular complexity index is 387. The van der Waals surface area contributed by atoms with Crippen LogP contribution in [0.2, 0.25) is 10.0 Å². The van der Waals surface area contributed by atoms with Gasteiger partial charge in [-0.05, 0) is 24.5 Å². The lowest BCUT2D eigenvalue weighted by molar-refractivity contribution is 0.249. The summed E-state index contributed by atoms with van der Waals surface area (Å²) in [5, 5.41) is 3.50. The van der Waals surface area contributed by atoms with E-state index in [0.29, 0.717) is 15.9 Å². The van der Waals surface area contributed by atoms with E-state index in [9.17, 15) is 4.79 Å². The number of thioether (sulfide) groups is 1. The van der Waals surface area contributed by atoms with Crippen LogP contribution in [0.5, 0.6) is 0 Å². The van der Waals surface area contributed by atoms with Crippen molar-refractivity contribution in [3.8, 4) is 0 Å². The van der Waals surface area contributed by atoms with Gasteiger partial charge in [0.05, 0.1) is 15.9 Å². The van der Waals surface area contributed by atoms with E-state index in [1.54, 1.807) is 41.9 Å². The first-order chi connectivity index (χ1) is 7.60. The SMILES string of the molecule is CNC(=O)N(CSC)c1ccc(Cl)c(Cl)c1. The van der Waals surface area contributed by atoms with Crippen molar-refractivity contribution >= 4 is 46.7 Å². The molecule has 0 unspecified atom stereocenters. The first kappa shape index (κ1) is 13.5. The molecule has 2 amide bonds. The third-order valence-corrected chi connectivity index (χ3v) is 3.19. The molecule has 16 heavy (non-hydrogen) atoms. The van der Waals surface area contributed by atoms with Crippen LogP contribution in [-0.4, -0.2) is 25.2 Å². The van der Waals surface area contributed by atoms with Gasteiger partial charge < -0.3 is 5.32 Å². The maximum Gasteiger partial charge on any atom is 0.322 e. The van der Waals surface area contributed by atoms with E-state index < -0.39 is 0 Å². The Morgan fingerprint density at radius 2 is 2.12 bits per heavy atom. The molecule has 0 saturated carbocycles. The summed E-state index contributed by atoms with van der Waals surface area (Å²) >= 11 is 13.3. The number of carbonyl (C=O) groups is 1. The molecule has 0 fully saturated rings. The summed E-state index contributed by atoms with van der Waals surface area (Å²) in [6.07, 6.45) is 1.92. The molecule has 0 aliphatic rings. The highest BCUT2D eigenvalue weighted by Gasteiger charge is 2.14. The number of benzene rings is 1. The number of nitrogens with one attached hydrogen (secondary N) is 1. The van der Waals surface area contributed by atoms with Gasteiger partial charge in [-0.3, -0.25) is 4.90 Å². The maximum absolute atomic E-state index is 11.6. The van der Waals surface area contributed by atoms with Gasteiger partial charge >= 0.3 is 6.03 Å². The van der Waals surface area contributed by atoms with E-state index in [4.69, 9.17) is 23.2 Å². The van der Waals surface area contributed by atoms with E-state index in [2.05, 4.69) is 5.32 Å². The molecular weight excluding hydrogens is 267 g/mol. The van der Waals surface area contributed by atoms with Gasteiger partial charge in [-0.15, -0.1) is 11.8 Å². The summed E-state index contributed by atoms with van der Waals surface area (Å²) in [5.41, 5.74) is 0.725. The van der Waals surface area contributed by atoms with Crippen molar-refractivity contribution in [1.29, 1.82) is 0 Å². The van der Waals surface area contributed by atoms with E-state index in [1.165, 1.54) is 0 Å². The summed E-state index contributed by atoms with van der Waals surface area (Å²) in [7, 11) is 1.59. The highest BCUT2D eigenvalue weighted by atomic mass is 35.5. The Kier molecular flexibility index (Phi) is 5.25. The number of carbonyl (C=O) groups excluding carboxylic acids is 1. The van der Waals surface area contributed by atoms with Crippen molar-refractivity contribution in [2.24, 2.45) is 0 Å². The first-order valence-electron chi connectivity index (χ1n) is 4.53. The molecule has 1 aromatic rings. The van der Waals surface area contributed by atoms with Gasteiger partial charge in [-0.25, -0.2) is 4.79 Å². The third-order valence-electron chi connectivity index (χ3n) is 1.93. The van der Waals surface area contributed by atoms with Crippen LogP contribution in [-0.2, 0) is 0 Å². The number of hydrogen-bond acceptors (Lipinski definition) is 2. The van der Waals surface area contributed by atoms with Crippen LogP contribution in [0, 0.1) is 0 Å². The van der Waals surface area contributed by atoms with Gasteiger partial charge in [0.15, 0.2) is 0 Å². The molecule has 3 nitrogen and oxygen atoms in total. The highest BCUT2D eigenvalue weighted by molar-refractivity contribution is 7.98. The predicted octanol–water partition coefficient (Wildman–Crippen LogP) is 3.46. The molecule has 0 heterocycles. The number of amides is 2. The molecule has 0 bridgehead atoms. The molecule has 1 aromatic carbocycles. The molecular formula is C10H12Cl2N2OS. The Balaban J connectivity index is 3.01. The van der Waals surface area contributed by atoms with Crippen molar-refractivity contribution in [2.45, 2.75) is 0 Å². The molecule has 1 rings (SSSR count). The quantitative estimate of drug-likeness (QED) is 0.859. The Hall–Kier alpha value is -0.580. The standard InChI is InChI=1S/C10H12Cl2N2OS/c1-13-10(15)14(6-16-2)7-3-4-8(11)9(12)5-7/h3-5H,6H2,1-2H3,(H,13,15). The van der Waals surface area contributed by atoms with Crippen molar-refractivity contribution in [1.82, 2.24) is 5.32 Å². The van der Waals surface area contributed by atoms with Crippen LogP contribution < -0.4 is 10.2 Å². The summed E-state index contributed by atoms with van der Waals surface area (Å²) in [5.74, 6) is 0.553. The largest absolute Gasteiger partial charge is 0.341 e. The topological polar surface area (TPSA) is 32.3 Å². The maximum atomic E-state index is 11.6. The van der Waals surface area contributed by atoms with E-state index in [1.807, 2.05) is 6.26 Å². The smallest absolute Gasteiger partial charge is 0.322 e. The minimum atomic E-state index is -0.173. The predicted molar refractivity (Wildman–Crippen MR) is 71.8 cm³/mol. The zero-order valence-electron chi connectivity index (χ0n) is 8.96. The van der Waals surface area contributed by atoms with Crippen LogP contribution in [0.4, 0.5) is 10.5 Å². The van der Waals surface area contributed by atoms with Gasteiger partial charge in [0.1, 0.15) is 0 Å². The number of urea groups is 1. The molecule has 0 radical (unpaired) electrons. The Morgan fingerprint density at radius 3 is 2.62 bits per heavy atom. The second kappa shape index (κ2) is 6.23. The lowest BCUT2D eigenvalue weighted by atomic mass is 10.3. The summed E-state index contributed by atoms with van der Waals surface area (Å²) in [6.45, 7) is 0. The zero-order valence-corrected chi connectivity index (χ0v) is 11.3. The second-order valence-electron chi connectivity index (χ2n) is 3.00. The lowest BCUT2D eigenvalue weighted by Gasteiger charge is -2.21. The van der Waals surface area contributed by atoms with Gasteiger partial charge in [-0.1, -0.05) is 23.2 Å². The Morgan fingerprint density at radius 1 is 1.44 bits per heavy atom. The molecule has 0 saturated heterocycles. The molecule has 6 heteroatoms. The van der Waals surface area contributed by atoms with Gasteiger partial charge in [0.2, 0.25) is 0 Å². The van der Waals surface area contributed by atoms with Crippen molar-refractivity contribution < 1.29 is 4.79 Å². The monoisotopic (exact) mass is 278 g/mol. The minimum Gasteiger partial charge on any atom is -0.341 e. The molecule has 0 aromatic heterocycles. The summed E-state index contributed by atoms with van der Waals surface area (Å²) < 4.78 is 0. The van der Waals surface area contributed by atoms with Crippen molar-refractivity contribution in [3.05, 3.63) is 28.2 Å². The average Bonchev–Trinajstić information content (AvgIpc) is 2.29. The fraction of sp³-hybridized carbons (Fsp3) is 0.300. The van der Waals surface area contributed by atoms with Crippen LogP contribution in [0.15, 0.2) is 18.2 Å². The number of anilines is 1. The molecule has 0 spiro atoms. The third kappa shape index (κ3) is 3.20. The normalized spacial score (nSPS) is 10.0. The first-order valence-corrected chi connectivity index (χ1v) is 6.68. The lowest BCUT2D eigenvalue weighted by Crippen LogP contribution is -2.37. The van der Waals surface area contributed by atoms with E-state index >= 15 is 0 Å². The average molecular weight is 279 g/mol. The minimum absolute atomic E-state index is 0.173. The van der Waals surface area contributed by atoms with Gasteiger partial charge in [-0.2, -0.15) is 0 Å². The Labute approximate surface area is 109 Å². The zero-order chi connectivity index (χ0) is 12.1. The van der Waals surface area contributed by atoms with Crippen LogP contribution in [0.1, 0.15) is 0 Å². The van der Waals surface area contributed by atoms with Crippen molar-refractivity contribution in [3.63, 3.8) is 0 Å². The summed E-state index contributed by atoms with van der Waals surface area (Å²) in [4.78, 5) is 13.2. The molecule has 0 aliphatic carbocycles. The van der Waals surface area contributed by atoms with Gasteiger partial charge in [0.25, 0.3) is 0 Å². The number of rotatable bonds is 3. The van der Waals surface area contributed by atoms with Crippen LogP contribution >= 0.6 is 35.0 Å². The van der Waals surface area contributed by atoms with Crippen molar-refractivity contribution in [2.75, 3.05) is 24.1 Å². The van der Waals surface area contributed by atoms with Crippen LogP contribution in [0.25, 0.3) is 0 Å². The van der Waals surface area contributed by atoms with E-state index in [-0.39, 0.29) is 6.03 Å². The molecule has 0 atom stereocenters. The fourth-order valence-corrected chi connectivity index (χ4v) is 1.98. The number of hydrogen-bond donors (Lipinski definition) is 1. The second-order valence-corrected chi connectivity index (χ2v) is 4.65. The van der Waals surface area contributed by atoms with Crippen LogP contribution in [0.3, 0.4) is 0 Å². The fourth-order valence-electron chi connectivity index (χ4n) is 1.17. The van der Waals surface area contributed by atoms with Gasteiger partial charge in [0, 0.05) is 12.7 Å². The molecule has 0 aliphatic heterocycles. The number of nitrogens with zero attached hydrogens (tertiary/aromatic N) is 1. The molecule has 88 valence electrons. The molecule has 1 N–H and O–H groups in total. The summed E-state index contributed by atoms with van der Waals surface area (Å²) in [6, 6.07) is 4.94. The highest BCUT2D eigenvalue weighted by Crippen LogP contribution is 2.27. The number of halogens is 2. The van der Waals surface area contributed by atoms with E-state index in [0.717, 1.165) is 5.69 Å².